The highest BCUT2D eigenvalue weighted by Gasteiger charge is 2.22. The molecule has 2 heterocycles. The number of anilines is 1. The summed E-state index contributed by atoms with van der Waals surface area (Å²) in [5, 5.41) is 3.50. The van der Waals surface area contributed by atoms with Crippen LogP contribution < -0.4 is 20.5 Å². The number of pyridine rings is 2. The van der Waals surface area contributed by atoms with Gasteiger partial charge in [0, 0.05) is 47.6 Å². The second-order valence-electron chi connectivity index (χ2n) is 10.2. The number of carbonyl (C=O) groups is 1. The van der Waals surface area contributed by atoms with Crippen LogP contribution in [0.15, 0.2) is 65.8 Å². The summed E-state index contributed by atoms with van der Waals surface area (Å²) in [5.74, 6) is 0.243. The molecule has 0 aliphatic heterocycles. The Bertz CT molecular complexity index is 1610. The molecule has 2 aromatic heterocycles. The Morgan fingerprint density at radius 2 is 1.83 bits per heavy atom. The molecule has 9 heteroatoms. The van der Waals surface area contributed by atoms with Crippen LogP contribution in [0.2, 0.25) is 5.02 Å². The van der Waals surface area contributed by atoms with Gasteiger partial charge in [0.15, 0.2) is 0 Å². The molecule has 1 amide bonds. The molecule has 4 rings (SSSR count). The van der Waals surface area contributed by atoms with Crippen molar-refractivity contribution in [3.63, 3.8) is 0 Å². The predicted molar refractivity (Wildman–Crippen MR) is 169 cm³/mol. The average Bonchev–Trinajstić information content (AvgIpc) is 2.99. The minimum atomic E-state index is -0.264. The summed E-state index contributed by atoms with van der Waals surface area (Å²) in [7, 11) is 3.06. The highest BCUT2D eigenvalue weighted by Crippen LogP contribution is 2.36. The van der Waals surface area contributed by atoms with Gasteiger partial charge in [0.25, 0.3) is 5.91 Å². The van der Waals surface area contributed by atoms with Crippen LogP contribution in [-0.2, 0) is 0 Å². The summed E-state index contributed by atoms with van der Waals surface area (Å²) in [6.07, 6.45) is 3.32. The fourth-order valence-corrected chi connectivity index (χ4v) is 4.89. The van der Waals surface area contributed by atoms with Crippen molar-refractivity contribution in [1.82, 2.24) is 15.3 Å². The first-order valence-corrected chi connectivity index (χ1v) is 14.0. The molecule has 0 spiro atoms. The largest absolute Gasteiger partial charge is 0.495 e. The van der Waals surface area contributed by atoms with Crippen molar-refractivity contribution in [2.75, 3.05) is 26.5 Å². The van der Waals surface area contributed by atoms with Gasteiger partial charge in [-0.15, -0.1) is 0 Å². The van der Waals surface area contributed by atoms with Crippen molar-refractivity contribution in [3.8, 4) is 22.9 Å². The van der Waals surface area contributed by atoms with Gasteiger partial charge in [-0.3, -0.25) is 14.8 Å². The maximum absolute atomic E-state index is 13.5. The molecule has 8 nitrogen and oxygen atoms in total. The third kappa shape index (κ3) is 6.71. The van der Waals surface area contributed by atoms with Crippen molar-refractivity contribution < 1.29 is 14.3 Å². The highest BCUT2D eigenvalue weighted by molar-refractivity contribution is 6.34. The summed E-state index contributed by atoms with van der Waals surface area (Å²) in [5.41, 5.74) is 13.1. The number of nitrogens with one attached hydrogen (secondary N) is 1. The third-order valence-corrected chi connectivity index (χ3v) is 7.42. The molecule has 0 aliphatic rings. The van der Waals surface area contributed by atoms with Gasteiger partial charge in [0.2, 0.25) is 5.88 Å². The molecule has 3 N–H and O–H groups in total. The average molecular weight is 586 g/mol. The van der Waals surface area contributed by atoms with Crippen molar-refractivity contribution in [1.29, 1.82) is 0 Å². The molecule has 0 fully saturated rings. The zero-order chi connectivity index (χ0) is 30.4. The van der Waals surface area contributed by atoms with Gasteiger partial charge in [-0.1, -0.05) is 41.9 Å². The number of aromatic nitrogens is 2. The van der Waals surface area contributed by atoms with Gasteiger partial charge in [-0.05, 0) is 68.7 Å². The van der Waals surface area contributed by atoms with Crippen LogP contribution in [0.1, 0.15) is 58.1 Å². The van der Waals surface area contributed by atoms with E-state index in [4.69, 9.17) is 31.8 Å². The van der Waals surface area contributed by atoms with Crippen molar-refractivity contribution in [2.24, 2.45) is 4.99 Å². The third-order valence-electron chi connectivity index (χ3n) is 7.05. The van der Waals surface area contributed by atoms with E-state index in [1.165, 1.54) is 14.2 Å². The second-order valence-corrected chi connectivity index (χ2v) is 10.6. The summed E-state index contributed by atoms with van der Waals surface area (Å²) in [6, 6.07) is 17.3. The first-order valence-electron chi connectivity index (χ1n) is 13.6. The minimum absolute atomic E-state index is 0.0815. The SMILES string of the molecule is COc1cc(C(=O)NCC(c2ccccc2)c2cc(C)c(C)c(-c3ccnc(OC)c3Cl)n2)cc(C=NC(C)C)c1N. The molecule has 0 saturated heterocycles. The lowest BCUT2D eigenvalue weighted by Gasteiger charge is -2.21. The zero-order valence-corrected chi connectivity index (χ0v) is 25.5. The van der Waals surface area contributed by atoms with Crippen LogP contribution in [0.3, 0.4) is 0 Å². The molecule has 1 unspecified atom stereocenters. The van der Waals surface area contributed by atoms with E-state index < -0.39 is 0 Å². The zero-order valence-electron chi connectivity index (χ0n) is 24.7. The van der Waals surface area contributed by atoms with Gasteiger partial charge >= 0.3 is 0 Å². The van der Waals surface area contributed by atoms with E-state index in [-0.39, 0.29) is 17.9 Å². The number of rotatable bonds is 10. The summed E-state index contributed by atoms with van der Waals surface area (Å²) in [4.78, 5) is 27.2. The highest BCUT2D eigenvalue weighted by atomic mass is 35.5. The molecule has 1 atom stereocenters. The lowest BCUT2D eigenvalue weighted by Crippen LogP contribution is -2.29. The standard InChI is InChI=1S/C33H36ClN5O3/c1-19(2)37-17-24-15-23(16-28(41-5)30(24)35)32(40)38-18-26(22-10-8-7-9-11-22)27-14-20(3)21(4)31(39-27)25-12-13-36-33(42-6)29(25)34/h7-17,19,26H,18,35H2,1-6H3,(H,38,40). The lowest BCUT2D eigenvalue weighted by atomic mass is 9.92. The molecular weight excluding hydrogens is 550 g/mol. The van der Waals surface area contributed by atoms with E-state index in [2.05, 4.69) is 21.4 Å². The van der Waals surface area contributed by atoms with Gasteiger partial charge in [0.05, 0.1) is 31.3 Å². The van der Waals surface area contributed by atoms with Crippen LogP contribution in [0, 0.1) is 13.8 Å². The number of ether oxygens (including phenoxy) is 2. The number of nitrogens with two attached hydrogens (primary N) is 1. The number of aryl methyl sites for hydroxylation is 1. The number of nitrogens with zero attached hydrogens (tertiary/aromatic N) is 3. The smallest absolute Gasteiger partial charge is 0.251 e. The maximum Gasteiger partial charge on any atom is 0.251 e. The van der Waals surface area contributed by atoms with E-state index in [0.717, 1.165) is 33.6 Å². The number of methoxy groups -OCH3 is 2. The number of hydrogen-bond donors (Lipinski definition) is 2. The monoisotopic (exact) mass is 585 g/mol. The summed E-state index contributed by atoms with van der Waals surface area (Å²) >= 11 is 6.66. The van der Waals surface area contributed by atoms with E-state index in [1.54, 1.807) is 24.5 Å². The molecule has 4 aromatic rings. The van der Waals surface area contributed by atoms with Gasteiger partial charge in [-0.25, -0.2) is 4.98 Å². The number of aliphatic imine (C=N–C) groups is 1. The van der Waals surface area contributed by atoms with Crippen LogP contribution in [-0.4, -0.2) is 48.9 Å². The molecule has 42 heavy (non-hydrogen) atoms. The number of carbonyl (C=O) groups excluding carboxylic acids is 1. The van der Waals surface area contributed by atoms with Crippen molar-refractivity contribution in [2.45, 2.75) is 39.7 Å². The number of amides is 1. The predicted octanol–water partition coefficient (Wildman–Crippen LogP) is 6.40. The van der Waals surface area contributed by atoms with Gasteiger partial charge < -0.3 is 20.5 Å². The van der Waals surface area contributed by atoms with Crippen LogP contribution in [0.25, 0.3) is 11.3 Å². The van der Waals surface area contributed by atoms with Crippen LogP contribution in [0.4, 0.5) is 5.69 Å². The Morgan fingerprint density at radius 3 is 2.50 bits per heavy atom. The van der Waals surface area contributed by atoms with E-state index in [0.29, 0.717) is 40.0 Å². The Labute approximate surface area is 252 Å². The molecule has 0 radical (unpaired) electrons. The van der Waals surface area contributed by atoms with Gasteiger partial charge in [0.1, 0.15) is 10.8 Å². The first kappa shape index (κ1) is 30.5. The molecule has 0 bridgehead atoms. The van der Waals surface area contributed by atoms with E-state index in [9.17, 15) is 4.79 Å². The Morgan fingerprint density at radius 1 is 1.10 bits per heavy atom. The first-order chi connectivity index (χ1) is 20.1. The number of halogens is 1. The molecule has 2 aromatic carbocycles. The minimum Gasteiger partial charge on any atom is -0.495 e. The summed E-state index contributed by atoms with van der Waals surface area (Å²) in [6.45, 7) is 8.29. The molecular formula is C33H36ClN5O3. The topological polar surface area (TPSA) is 112 Å². The van der Waals surface area contributed by atoms with Gasteiger partial charge in [-0.2, -0.15) is 0 Å². The number of nitrogen functional groups attached to an aromatic ring is 1. The van der Waals surface area contributed by atoms with Crippen molar-refractivity contribution in [3.05, 3.63) is 99.3 Å². The second kappa shape index (κ2) is 13.5. The quantitative estimate of drug-likeness (QED) is 0.164. The number of hydrogen-bond acceptors (Lipinski definition) is 7. The van der Waals surface area contributed by atoms with E-state index >= 15 is 0 Å². The van der Waals surface area contributed by atoms with Crippen molar-refractivity contribution >= 4 is 29.4 Å². The normalized spacial score (nSPS) is 12.0. The van der Waals surface area contributed by atoms with Crippen LogP contribution >= 0.6 is 11.6 Å². The maximum atomic E-state index is 13.5. The van der Waals surface area contributed by atoms with E-state index in [1.807, 2.05) is 64.1 Å². The summed E-state index contributed by atoms with van der Waals surface area (Å²) < 4.78 is 10.8. The molecule has 0 aliphatic carbocycles. The molecule has 0 saturated carbocycles. The Kier molecular flexibility index (Phi) is 9.80. The Balaban J connectivity index is 1.72. The lowest BCUT2D eigenvalue weighted by molar-refractivity contribution is 0.0952. The Hall–Kier alpha value is -4.43. The molecule has 218 valence electrons. The fraction of sp³-hybridized carbons (Fsp3) is 0.273. The van der Waals surface area contributed by atoms with Crippen LogP contribution in [0.5, 0.6) is 11.6 Å². The number of benzene rings is 2. The fourth-order valence-electron chi connectivity index (χ4n) is 4.61.